The standard InChI is InChI=1S/C11H20N2O2.2C3H6O2.2Y/c1-2-3-6-11(13-10-15)7-4-5-8-12-9-14;2*1-3(4)5-2;;/h11H,2-8H2,1H3,(H,12,14)(H,13,15);2*4H,1H2,2H3;;/q-2;;;;. The van der Waals surface area contributed by atoms with Crippen molar-refractivity contribution in [2.75, 3.05) is 20.8 Å². The summed E-state index contributed by atoms with van der Waals surface area (Å²) in [7, 11) is 2.70. The summed E-state index contributed by atoms with van der Waals surface area (Å²) in [6.45, 7) is 8.81. The Morgan fingerprint density at radius 2 is 1.41 bits per heavy atom. The number of carbonyl (C=O) groups excluding carboxylic acids is 2. The Labute approximate surface area is 213 Å². The molecule has 1 atom stereocenters. The van der Waals surface area contributed by atoms with Crippen LogP contribution < -0.4 is 10.6 Å². The summed E-state index contributed by atoms with van der Waals surface area (Å²) in [5, 5.41) is 21.1. The molecule has 27 heavy (non-hydrogen) atoms. The first-order chi connectivity index (χ1) is 11.9. The molecule has 0 rings (SSSR count). The first kappa shape index (κ1) is 37.6. The molecule has 0 fully saturated rings. The number of ether oxygens (including phenoxy) is 2. The minimum atomic E-state index is -0.245. The molecule has 0 aromatic rings. The minimum absolute atomic E-state index is 0. The summed E-state index contributed by atoms with van der Waals surface area (Å²) in [6.07, 6.45) is 9.54. The number of hydrogen-bond acceptors (Lipinski definition) is 6. The van der Waals surface area contributed by atoms with E-state index in [2.05, 4.69) is 40.2 Å². The van der Waals surface area contributed by atoms with Gasteiger partial charge in [0.15, 0.2) is 0 Å². The van der Waals surface area contributed by atoms with Gasteiger partial charge in [0, 0.05) is 65.4 Å². The zero-order chi connectivity index (χ0) is 19.9. The maximum atomic E-state index is 10.2. The quantitative estimate of drug-likeness (QED) is 0.124. The van der Waals surface area contributed by atoms with Crippen LogP contribution in [0.15, 0.2) is 25.0 Å². The van der Waals surface area contributed by atoms with Gasteiger partial charge in [-0.15, -0.1) is 0 Å². The van der Waals surface area contributed by atoms with Crippen LogP contribution in [-0.2, 0) is 84.5 Å². The van der Waals surface area contributed by atoms with E-state index in [1.54, 1.807) is 12.8 Å². The Morgan fingerprint density at radius 3 is 1.74 bits per heavy atom. The molecule has 0 aliphatic heterocycles. The molecule has 8 nitrogen and oxygen atoms in total. The number of methoxy groups -OCH3 is 2. The fraction of sp³-hybridized carbons (Fsp3) is 0.647. The van der Waals surface area contributed by atoms with Crippen LogP contribution >= 0.6 is 0 Å². The summed E-state index contributed by atoms with van der Waals surface area (Å²) in [5.41, 5.74) is 0. The number of amides is 2. The van der Waals surface area contributed by atoms with E-state index in [1.807, 2.05) is 0 Å². The zero-order valence-electron chi connectivity index (χ0n) is 16.6. The summed E-state index contributed by atoms with van der Waals surface area (Å²) in [5.74, 6) is -0.491. The van der Waals surface area contributed by atoms with Crippen LogP contribution in [0.5, 0.6) is 0 Å². The van der Waals surface area contributed by atoms with Crippen molar-refractivity contribution in [1.29, 1.82) is 0 Å². The average molecular weight is 538 g/mol. The molecule has 10 heteroatoms. The van der Waals surface area contributed by atoms with Gasteiger partial charge in [0.2, 0.25) is 0 Å². The van der Waals surface area contributed by atoms with Crippen LogP contribution in [0.25, 0.3) is 0 Å². The fourth-order valence-corrected chi connectivity index (χ4v) is 1.48. The summed E-state index contributed by atoms with van der Waals surface area (Å²) < 4.78 is 8.22. The van der Waals surface area contributed by atoms with Crippen molar-refractivity contribution in [1.82, 2.24) is 10.6 Å². The van der Waals surface area contributed by atoms with Crippen LogP contribution in [0.1, 0.15) is 45.4 Å². The van der Waals surface area contributed by atoms with Crippen molar-refractivity contribution in [3.8, 4) is 0 Å². The van der Waals surface area contributed by atoms with Gasteiger partial charge in [0.05, 0.1) is 14.2 Å². The molecule has 0 heterocycles. The van der Waals surface area contributed by atoms with E-state index in [0.29, 0.717) is 6.54 Å². The molecule has 1 unspecified atom stereocenters. The maximum Gasteiger partial charge on any atom is 0.268 e. The molecule has 0 saturated carbocycles. The molecular weight excluding hydrogens is 506 g/mol. The van der Waals surface area contributed by atoms with E-state index in [4.69, 9.17) is 10.2 Å². The molecule has 2 radical (unpaired) electrons. The van der Waals surface area contributed by atoms with Crippen molar-refractivity contribution in [3.63, 3.8) is 0 Å². The van der Waals surface area contributed by atoms with Gasteiger partial charge in [-0.25, -0.2) is 0 Å². The number of hydrogen-bond donors (Lipinski definition) is 4. The van der Waals surface area contributed by atoms with Crippen molar-refractivity contribution in [3.05, 3.63) is 25.0 Å². The summed E-state index contributed by atoms with van der Waals surface area (Å²) in [6, 6.07) is 0.239. The second-order valence-electron chi connectivity index (χ2n) is 4.81. The number of unbranched alkanes of at least 4 members (excludes halogenated alkanes) is 2. The predicted octanol–water partition coefficient (Wildman–Crippen LogP) is 2.35. The first-order valence-corrected chi connectivity index (χ1v) is 7.95. The molecule has 0 aromatic carbocycles. The third-order valence-corrected chi connectivity index (χ3v) is 2.82. The SMILES string of the molecule is C=C(O)OC.C=C(O)OC.CCCCC(CCCCN[C-]=O)N[C-]=O.[Y].[Y]. The number of rotatable bonds is 13. The van der Waals surface area contributed by atoms with Crippen molar-refractivity contribution >= 4 is 12.8 Å². The fourth-order valence-electron chi connectivity index (χ4n) is 1.48. The second-order valence-corrected chi connectivity index (χ2v) is 4.81. The third-order valence-electron chi connectivity index (χ3n) is 2.82. The smallest absolute Gasteiger partial charge is 0.268 e. The van der Waals surface area contributed by atoms with Crippen molar-refractivity contribution in [2.45, 2.75) is 51.5 Å². The zero-order valence-corrected chi connectivity index (χ0v) is 22.3. The van der Waals surface area contributed by atoms with E-state index in [0.717, 1.165) is 38.5 Å². The Hall–Kier alpha value is -0.172. The monoisotopic (exact) mass is 538 g/mol. The van der Waals surface area contributed by atoms with Crippen molar-refractivity contribution in [2.24, 2.45) is 0 Å². The van der Waals surface area contributed by atoms with Crippen LogP contribution in [0.4, 0.5) is 0 Å². The molecular formula is C17H32N2O6Y2-2. The Balaban J connectivity index is -0.000000112. The van der Waals surface area contributed by atoms with Gasteiger partial charge in [-0.2, -0.15) is 12.8 Å². The molecule has 0 bridgehead atoms. The van der Waals surface area contributed by atoms with Gasteiger partial charge < -0.3 is 39.9 Å². The Bertz CT molecular complexity index is 333. The summed E-state index contributed by atoms with van der Waals surface area (Å²) in [4.78, 5) is 20.1. The largest absolute Gasteiger partial charge is 0.530 e. The summed E-state index contributed by atoms with van der Waals surface area (Å²) >= 11 is 0. The molecule has 0 aromatic heterocycles. The number of aliphatic hydroxyl groups excluding tert-OH is 2. The molecule has 154 valence electrons. The average Bonchev–Trinajstić information content (AvgIpc) is 2.60. The number of nitrogens with one attached hydrogen (secondary N) is 2. The Kier molecular flexibility index (Phi) is 46.5. The van der Waals surface area contributed by atoms with Crippen LogP contribution in [0, 0.1) is 0 Å². The first-order valence-electron chi connectivity index (χ1n) is 7.95. The molecule has 0 saturated heterocycles. The Morgan fingerprint density at radius 1 is 0.963 bits per heavy atom. The molecule has 0 spiro atoms. The molecule has 2 amide bonds. The number of aliphatic hydroxyl groups is 2. The van der Waals surface area contributed by atoms with Gasteiger partial charge >= 0.3 is 0 Å². The van der Waals surface area contributed by atoms with E-state index < -0.39 is 0 Å². The van der Waals surface area contributed by atoms with Gasteiger partial charge in [0.1, 0.15) is 0 Å². The van der Waals surface area contributed by atoms with E-state index in [9.17, 15) is 9.59 Å². The van der Waals surface area contributed by atoms with E-state index in [1.165, 1.54) is 14.2 Å². The minimum Gasteiger partial charge on any atom is -0.530 e. The topological polar surface area (TPSA) is 117 Å². The van der Waals surface area contributed by atoms with Gasteiger partial charge in [-0.05, 0) is 51.4 Å². The molecule has 0 aliphatic carbocycles. The van der Waals surface area contributed by atoms with Crippen LogP contribution in [0.3, 0.4) is 0 Å². The third kappa shape index (κ3) is 46.1. The van der Waals surface area contributed by atoms with Crippen molar-refractivity contribution < 1.29 is 94.7 Å². The van der Waals surface area contributed by atoms with E-state index in [-0.39, 0.29) is 83.4 Å². The maximum absolute atomic E-state index is 10.2. The van der Waals surface area contributed by atoms with Gasteiger partial charge in [0.25, 0.3) is 11.9 Å². The van der Waals surface area contributed by atoms with Crippen LogP contribution in [0.2, 0.25) is 0 Å². The van der Waals surface area contributed by atoms with Gasteiger partial charge in [-0.3, -0.25) is 0 Å². The normalized spacial score (nSPS) is 9.00. The molecule has 0 aliphatic rings. The van der Waals surface area contributed by atoms with Crippen LogP contribution in [-0.4, -0.2) is 49.8 Å². The van der Waals surface area contributed by atoms with Gasteiger partial charge in [-0.1, -0.05) is 19.8 Å². The van der Waals surface area contributed by atoms with E-state index >= 15 is 0 Å². The predicted molar refractivity (Wildman–Crippen MR) is 97.2 cm³/mol. The molecule has 4 N–H and O–H groups in total. The second kappa shape index (κ2) is 33.4.